The highest BCUT2D eigenvalue weighted by Gasteiger charge is 2.30. The number of carbonyl (C=O) groups excluding carboxylic acids is 1. The first-order chi connectivity index (χ1) is 15.2. The maximum atomic E-state index is 12.5. The van der Waals surface area contributed by atoms with Gasteiger partial charge in [-0.15, -0.1) is 0 Å². The van der Waals surface area contributed by atoms with Crippen LogP contribution in [0.25, 0.3) is 11.0 Å². The Kier molecular flexibility index (Phi) is 4.99. The van der Waals surface area contributed by atoms with Gasteiger partial charge in [-0.2, -0.15) is 5.10 Å². The Hall–Kier alpha value is -3.88. The van der Waals surface area contributed by atoms with E-state index in [0.29, 0.717) is 19.6 Å². The molecule has 1 aromatic carbocycles. The predicted molar refractivity (Wildman–Crippen MR) is 114 cm³/mol. The Morgan fingerprint density at radius 2 is 2.19 bits per heavy atom. The summed E-state index contributed by atoms with van der Waals surface area (Å²) in [7, 11) is 1.66. The highest BCUT2D eigenvalue weighted by atomic mass is 16.5. The highest BCUT2D eigenvalue weighted by molar-refractivity contribution is 5.91. The molecule has 3 aromatic heterocycles. The number of fused-ring (bicyclic) bond motifs is 1. The largest absolute Gasteiger partial charge is 0.496 e. The molecule has 1 unspecified atom stereocenters. The van der Waals surface area contributed by atoms with Crippen LogP contribution < -0.4 is 10.1 Å². The van der Waals surface area contributed by atoms with Gasteiger partial charge in [0.15, 0.2) is 11.5 Å². The number of amides is 1. The van der Waals surface area contributed by atoms with Crippen LogP contribution in [0.15, 0.2) is 53.2 Å². The van der Waals surface area contributed by atoms with E-state index in [4.69, 9.17) is 14.2 Å². The third-order valence-electron chi connectivity index (χ3n) is 5.63. The van der Waals surface area contributed by atoms with Gasteiger partial charge in [-0.1, -0.05) is 23.4 Å². The van der Waals surface area contributed by atoms with Crippen LogP contribution in [-0.4, -0.2) is 51.3 Å². The number of anilines is 1. The molecule has 4 heterocycles. The Bertz CT molecular complexity index is 1200. The normalized spacial score (nSPS) is 16.0. The third-order valence-corrected chi connectivity index (χ3v) is 5.63. The molecule has 1 aliphatic heterocycles. The van der Waals surface area contributed by atoms with Crippen molar-refractivity contribution in [1.82, 2.24) is 25.2 Å². The van der Waals surface area contributed by atoms with Crippen LogP contribution in [0.1, 0.15) is 34.2 Å². The molecule has 1 aliphatic rings. The van der Waals surface area contributed by atoms with E-state index in [9.17, 15) is 4.79 Å². The van der Waals surface area contributed by atoms with Crippen molar-refractivity contribution in [2.45, 2.75) is 18.9 Å². The molecule has 31 heavy (non-hydrogen) atoms. The minimum absolute atomic E-state index is 0.134. The van der Waals surface area contributed by atoms with Crippen LogP contribution in [0.5, 0.6) is 5.75 Å². The van der Waals surface area contributed by atoms with Crippen molar-refractivity contribution < 1.29 is 14.1 Å². The maximum absolute atomic E-state index is 12.5. The van der Waals surface area contributed by atoms with Crippen molar-refractivity contribution in [3.8, 4) is 5.75 Å². The van der Waals surface area contributed by atoms with Gasteiger partial charge in [-0.25, -0.2) is 4.98 Å². The average molecular weight is 418 g/mol. The van der Waals surface area contributed by atoms with Crippen molar-refractivity contribution in [3.63, 3.8) is 0 Å². The summed E-state index contributed by atoms with van der Waals surface area (Å²) >= 11 is 0. The molecule has 0 aliphatic carbocycles. The molecule has 2 N–H and O–H groups in total. The number of hydrogen-bond donors (Lipinski definition) is 2. The summed E-state index contributed by atoms with van der Waals surface area (Å²) in [4.78, 5) is 19.0. The zero-order valence-corrected chi connectivity index (χ0v) is 17.0. The third kappa shape index (κ3) is 3.70. The molecule has 9 heteroatoms. The second kappa shape index (κ2) is 8.10. The number of likely N-dealkylation sites (tertiary alicyclic amines) is 1. The topological polar surface area (TPSA) is 109 Å². The molecule has 9 nitrogen and oxygen atoms in total. The number of benzene rings is 1. The van der Waals surface area contributed by atoms with Crippen molar-refractivity contribution >= 4 is 22.8 Å². The number of methoxy groups -OCH3 is 1. The van der Waals surface area contributed by atoms with E-state index in [1.54, 1.807) is 18.1 Å². The number of aromatic nitrogens is 4. The predicted octanol–water partition coefficient (Wildman–Crippen LogP) is 3.20. The van der Waals surface area contributed by atoms with Crippen LogP contribution >= 0.6 is 0 Å². The van der Waals surface area contributed by atoms with Crippen LogP contribution in [0.2, 0.25) is 0 Å². The van der Waals surface area contributed by atoms with Gasteiger partial charge in [0.1, 0.15) is 5.75 Å². The van der Waals surface area contributed by atoms with Gasteiger partial charge in [0.05, 0.1) is 18.7 Å². The summed E-state index contributed by atoms with van der Waals surface area (Å²) in [5, 5.41) is 15.3. The molecule has 0 radical (unpaired) electrons. The number of carbonyl (C=O) groups is 1. The molecule has 1 fully saturated rings. The average Bonchev–Trinajstić information content (AvgIpc) is 3.58. The van der Waals surface area contributed by atoms with Gasteiger partial charge in [-0.3, -0.25) is 9.89 Å². The second-order valence-corrected chi connectivity index (χ2v) is 7.48. The number of nitrogens with zero attached hydrogens (tertiary/aromatic N) is 4. The smallest absolute Gasteiger partial charge is 0.292 e. The molecular formula is C22H22N6O3. The molecule has 5 rings (SSSR count). The number of nitrogens with one attached hydrogen (secondary N) is 2. The lowest BCUT2D eigenvalue weighted by Crippen LogP contribution is -2.28. The maximum Gasteiger partial charge on any atom is 0.292 e. The Morgan fingerprint density at radius 1 is 1.29 bits per heavy atom. The lowest BCUT2D eigenvalue weighted by molar-refractivity contribution is 0.0749. The SMILES string of the molecule is COc1ccccc1CNc1n[nH]c2nc(C3CCN(C(=O)c4ccno4)C3)ccc12. The number of rotatable bonds is 6. The van der Waals surface area contributed by atoms with E-state index >= 15 is 0 Å². The first-order valence-corrected chi connectivity index (χ1v) is 10.1. The van der Waals surface area contributed by atoms with E-state index in [1.807, 2.05) is 36.4 Å². The van der Waals surface area contributed by atoms with Crippen molar-refractivity contribution in [2.75, 3.05) is 25.5 Å². The van der Waals surface area contributed by atoms with Gasteiger partial charge in [0.2, 0.25) is 5.76 Å². The van der Waals surface area contributed by atoms with Crippen LogP contribution in [0, 0.1) is 0 Å². The van der Waals surface area contributed by atoms with Crippen molar-refractivity contribution in [1.29, 1.82) is 0 Å². The number of pyridine rings is 1. The molecule has 0 spiro atoms. The molecule has 158 valence electrons. The number of hydrogen-bond acceptors (Lipinski definition) is 7. The first kappa shape index (κ1) is 19.1. The summed E-state index contributed by atoms with van der Waals surface area (Å²) in [6.45, 7) is 1.86. The van der Waals surface area contributed by atoms with Gasteiger partial charge < -0.3 is 19.5 Å². The highest BCUT2D eigenvalue weighted by Crippen LogP contribution is 2.29. The summed E-state index contributed by atoms with van der Waals surface area (Å²) in [5.74, 6) is 1.88. The monoisotopic (exact) mass is 418 g/mol. The fourth-order valence-corrected chi connectivity index (χ4v) is 3.98. The minimum atomic E-state index is -0.134. The summed E-state index contributed by atoms with van der Waals surface area (Å²) in [6.07, 6.45) is 2.33. The van der Waals surface area contributed by atoms with Gasteiger partial charge in [0.25, 0.3) is 5.91 Å². The van der Waals surface area contributed by atoms with Crippen LogP contribution in [0.4, 0.5) is 5.82 Å². The fourth-order valence-electron chi connectivity index (χ4n) is 3.98. The first-order valence-electron chi connectivity index (χ1n) is 10.1. The van der Waals surface area contributed by atoms with E-state index in [2.05, 4.69) is 20.7 Å². The second-order valence-electron chi connectivity index (χ2n) is 7.48. The quantitative estimate of drug-likeness (QED) is 0.495. The van der Waals surface area contributed by atoms with E-state index in [-0.39, 0.29) is 17.6 Å². The molecule has 4 aromatic rings. The Morgan fingerprint density at radius 3 is 3.03 bits per heavy atom. The molecule has 1 saturated heterocycles. The van der Waals surface area contributed by atoms with Crippen LogP contribution in [-0.2, 0) is 6.54 Å². The fraction of sp³-hybridized carbons (Fsp3) is 0.273. The van der Waals surface area contributed by atoms with Crippen LogP contribution in [0.3, 0.4) is 0 Å². The van der Waals surface area contributed by atoms with Gasteiger partial charge in [0, 0.05) is 42.9 Å². The minimum Gasteiger partial charge on any atom is -0.496 e. The number of H-pyrrole nitrogens is 1. The number of ether oxygens (including phenoxy) is 1. The zero-order chi connectivity index (χ0) is 21.2. The number of aromatic amines is 1. The molecule has 0 bridgehead atoms. The number of para-hydroxylation sites is 1. The zero-order valence-electron chi connectivity index (χ0n) is 17.0. The van der Waals surface area contributed by atoms with Crippen molar-refractivity contribution in [3.05, 3.63) is 65.7 Å². The van der Waals surface area contributed by atoms with E-state index in [0.717, 1.165) is 40.3 Å². The Labute approximate surface area is 178 Å². The Balaban J connectivity index is 1.29. The lowest BCUT2D eigenvalue weighted by atomic mass is 10.0. The molecule has 1 amide bonds. The summed E-state index contributed by atoms with van der Waals surface area (Å²) in [6, 6.07) is 13.5. The summed E-state index contributed by atoms with van der Waals surface area (Å²) < 4.78 is 10.4. The molecule has 0 saturated carbocycles. The standard InChI is InChI=1S/C22H22N6O3/c1-30-18-5-3-2-4-14(18)12-23-20-16-6-7-17(25-21(16)27-26-20)15-9-11-28(13-15)22(29)19-8-10-24-31-19/h2-8,10,15H,9,11-13H2,1H3,(H2,23,25,26,27). The van der Waals surface area contributed by atoms with E-state index < -0.39 is 0 Å². The summed E-state index contributed by atoms with van der Waals surface area (Å²) in [5.41, 5.74) is 2.72. The van der Waals surface area contributed by atoms with E-state index in [1.165, 1.54) is 6.20 Å². The van der Waals surface area contributed by atoms with Gasteiger partial charge in [-0.05, 0) is 24.6 Å². The molecule has 1 atom stereocenters. The lowest BCUT2D eigenvalue weighted by Gasteiger charge is -2.14. The molecular weight excluding hydrogens is 396 g/mol. The van der Waals surface area contributed by atoms with Gasteiger partial charge >= 0.3 is 0 Å². The van der Waals surface area contributed by atoms with Crippen molar-refractivity contribution in [2.24, 2.45) is 0 Å².